The van der Waals surface area contributed by atoms with Crippen LogP contribution in [0.25, 0.3) is 16.6 Å². The molecule has 1 atom stereocenters. The lowest BCUT2D eigenvalue weighted by atomic mass is 10.1. The third-order valence-electron chi connectivity index (χ3n) is 5.84. The number of para-hydroxylation sites is 1. The first-order valence-corrected chi connectivity index (χ1v) is 11.0. The lowest BCUT2D eigenvalue weighted by molar-refractivity contribution is -0.124. The van der Waals surface area contributed by atoms with Crippen LogP contribution in [-0.4, -0.2) is 40.9 Å². The predicted octanol–water partition coefficient (Wildman–Crippen LogP) is 3.28. The molecule has 8 heteroatoms. The summed E-state index contributed by atoms with van der Waals surface area (Å²) >= 11 is 0. The van der Waals surface area contributed by atoms with Crippen molar-refractivity contribution in [2.24, 2.45) is 0 Å². The molecule has 0 aliphatic rings. The maximum absolute atomic E-state index is 13.3. The van der Waals surface area contributed by atoms with Crippen molar-refractivity contribution in [1.29, 1.82) is 0 Å². The van der Waals surface area contributed by atoms with Gasteiger partial charge in [-0.3, -0.25) is 14.3 Å². The average Bonchev–Trinajstić information content (AvgIpc) is 3.14. The van der Waals surface area contributed by atoms with Gasteiger partial charge in [-0.1, -0.05) is 25.1 Å². The zero-order valence-corrected chi connectivity index (χ0v) is 19.3. The lowest BCUT2D eigenvalue weighted by Crippen LogP contribution is -2.35. The Morgan fingerprint density at radius 2 is 1.85 bits per heavy atom. The summed E-state index contributed by atoms with van der Waals surface area (Å²) in [5, 5.41) is 3.91. The molecule has 33 heavy (non-hydrogen) atoms. The van der Waals surface area contributed by atoms with Gasteiger partial charge in [-0.25, -0.2) is 4.52 Å². The van der Waals surface area contributed by atoms with Crippen LogP contribution in [0.5, 0.6) is 11.5 Å². The van der Waals surface area contributed by atoms with E-state index in [4.69, 9.17) is 9.47 Å². The molecule has 0 saturated heterocycles. The molecule has 0 fully saturated rings. The van der Waals surface area contributed by atoms with Gasteiger partial charge < -0.3 is 14.8 Å². The maximum atomic E-state index is 13.3. The van der Waals surface area contributed by atoms with Gasteiger partial charge in [0.25, 0.3) is 5.56 Å². The minimum atomic E-state index is -0.458. The number of fused-ring (bicyclic) bond motifs is 3. The Morgan fingerprint density at radius 3 is 2.58 bits per heavy atom. The Labute approximate surface area is 191 Å². The molecule has 8 nitrogen and oxygen atoms in total. The second kappa shape index (κ2) is 9.36. The molecule has 0 aliphatic carbocycles. The van der Waals surface area contributed by atoms with E-state index in [2.05, 4.69) is 10.3 Å². The molecule has 2 heterocycles. The molecule has 4 aromatic rings. The number of aryl methyl sites for hydroxylation is 1. The number of carbonyl (C=O) groups excluding carboxylic acids is 1. The van der Waals surface area contributed by atoms with Crippen molar-refractivity contribution < 1.29 is 14.3 Å². The van der Waals surface area contributed by atoms with Gasteiger partial charge in [0.1, 0.15) is 6.04 Å². The van der Waals surface area contributed by atoms with Gasteiger partial charge >= 0.3 is 0 Å². The summed E-state index contributed by atoms with van der Waals surface area (Å²) in [5.74, 6) is 1.25. The molecule has 4 rings (SSSR count). The number of ether oxygens (including phenoxy) is 2. The van der Waals surface area contributed by atoms with Crippen LogP contribution in [0.2, 0.25) is 0 Å². The normalized spacial score (nSPS) is 12.1. The number of amides is 1. The average molecular weight is 449 g/mol. The van der Waals surface area contributed by atoms with E-state index in [1.165, 1.54) is 6.07 Å². The Kier molecular flexibility index (Phi) is 6.35. The predicted molar refractivity (Wildman–Crippen MR) is 127 cm³/mol. The molecule has 2 aromatic heterocycles. The zero-order chi connectivity index (χ0) is 23.5. The molecule has 2 aromatic carbocycles. The highest BCUT2D eigenvalue weighted by Crippen LogP contribution is 2.28. The summed E-state index contributed by atoms with van der Waals surface area (Å²) in [6.07, 6.45) is 1.24. The number of nitrogens with zero attached hydrogens (tertiary/aromatic N) is 3. The number of methoxy groups -OCH3 is 2. The number of benzene rings is 2. The minimum absolute atomic E-state index is 0.0845. The Balaban J connectivity index is 1.61. The van der Waals surface area contributed by atoms with Gasteiger partial charge in [-0.05, 0) is 49.6 Å². The van der Waals surface area contributed by atoms with E-state index in [1.54, 1.807) is 14.2 Å². The number of aromatic nitrogens is 3. The topological polar surface area (TPSA) is 86.9 Å². The van der Waals surface area contributed by atoms with Gasteiger partial charge in [0.2, 0.25) is 5.91 Å². The zero-order valence-electron chi connectivity index (χ0n) is 19.3. The lowest BCUT2D eigenvalue weighted by Gasteiger charge is -2.20. The Morgan fingerprint density at radius 1 is 1.09 bits per heavy atom. The fourth-order valence-electron chi connectivity index (χ4n) is 4.27. The molecule has 0 aliphatic heterocycles. The molecule has 1 amide bonds. The van der Waals surface area contributed by atoms with Gasteiger partial charge in [-0.2, -0.15) is 4.98 Å². The first-order chi connectivity index (χ1) is 16.0. The maximum Gasteiger partial charge on any atom is 0.273 e. The fraction of sp³-hybridized carbons (Fsp3) is 0.320. The van der Waals surface area contributed by atoms with Crippen molar-refractivity contribution in [3.8, 4) is 11.5 Å². The number of rotatable bonds is 8. The van der Waals surface area contributed by atoms with Crippen LogP contribution in [0.1, 0.15) is 30.6 Å². The molecule has 0 saturated carbocycles. The van der Waals surface area contributed by atoms with Crippen LogP contribution in [0.4, 0.5) is 0 Å². The van der Waals surface area contributed by atoms with Crippen molar-refractivity contribution in [2.45, 2.75) is 32.7 Å². The highest BCUT2D eigenvalue weighted by atomic mass is 16.5. The van der Waals surface area contributed by atoms with E-state index in [-0.39, 0.29) is 11.5 Å². The van der Waals surface area contributed by atoms with Crippen LogP contribution in [0.3, 0.4) is 0 Å². The van der Waals surface area contributed by atoms with Crippen molar-refractivity contribution in [2.75, 3.05) is 20.8 Å². The smallest absolute Gasteiger partial charge is 0.273 e. The molecule has 1 unspecified atom stereocenters. The largest absolute Gasteiger partial charge is 0.493 e. The number of nitrogens with one attached hydrogen (secondary N) is 1. The molecule has 1 N–H and O–H groups in total. The first-order valence-electron chi connectivity index (χ1n) is 11.0. The van der Waals surface area contributed by atoms with E-state index in [0.717, 1.165) is 22.2 Å². The van der Waals surface area contributed by atoms with Crippen LogP contribution in [0, 0.1) is 6.92 Å². The van der Waals surface area contributed by atoms with E-state index >= 15 is 0 Å². The Hall–Kier alpha value is -3.81. The molecule has 0 spiro atoms. The van der Waals surface area contributed by atoms with E-state index in [1.807, 2.05) is 65.5 Å². The summed E-state index contributed by atoms with van der Waals surface area (Å²) in [5.41, 5.74) is 2.91. The van der Waals surface area contributed by atoms with E-state index in [0.29, 0.717) is 36.5 Å². The van der Waals surface area contributed by atoms with Crippen molar-refractivity contribution in [1.82, 2.24) is 19.5 Å². The van der Waals surface area contributed by atoms with Gasteiger partial charge in [0.15, 0.2) is 17.1 Å². The van der Waals surface area contributed by atoms with Crippen LogP contribution in [-0.2, 0) is 11.2 Å². The molecule has 172 valence electrons. The van der Waals surface area contributed by atoms with Crippen molar-refractivity contribution >= 4 is 22.5 Å². The fourth-order valence-corrected chi connectivity index (χ4v) is 4.27. The number of carbonyl (C=O) groups is 1. The number of hydrogen-bond donors (Lipinski definition) is 1. The summed E-state index contributed by atoms with van der Waals surface area (Å²) in [6, 6.07) is 14.5. The third kappa shape index (κ3) is 4.16. The summed E-state index contributed by atoms with van der Waals surface area (Å²) < 4.78 is 14.5. The quantitative estimate of drug-likeness (QED) is 0.447. The first kappa shape index (κ1) is 22.4. The van der Waals surface area contributed by atoms with E-state index in [9.17, 15) is 9.59 Å². The third-order valence-corrected chi connectivity index (χ3v) is 5.84. The molecular weight excluding hydrogens is 420 g/mol. The minimum Gasteiger partial charge on any atom is -0.493 e. The SMILES string of the molecule is CCC(C(=O)NCCc1ccc(OC)c(OC)c1)n1c2ccccc2c2nc(=O)cc(C)n21. The number of hydrogen-bond acceptors (Lipinski definition) is 5. The van der Waals surface area contributed by atoms with Gasteiger partial charge in [-0.15, -0.1) is 0 Å². The summed E-state index contributed by atoms with van der Waals surface area (Å²) in [4.78, 5) is 29.6. The Bertz CT molecular complexity index is 1370. The highest BCUT2D eigenvalue weighted by Gasteiger charge is 2.24. The van der Waals surface area contributed by atoms with E-state index < -0.39 is 6.04 Å². The summed E-state index contributed by atoms with van der Waals surface area (Å²) in [6.45, 7) is 4.31. The monoisotopic (exact) mass is 448 g/mol. The molecule has 0 bridgehead atoms. The summed E-state index contributed by atoms with van der Waals surface area (Å²) in [7, 11) is 3.20. The van der Waals surface area contributed by atoms with Crippen molar-refractivity contribution in [3.63, 3.8) is 0 Å². The highest BCUT2D eigenvalue weighted by molar-refractivity contribution is 5.94. The van der Waals surface area contributed by atoms with Crippen LogP contribution < -0.4 is 20.3 Å². The molecular formula is C25H28N4O4. The second-order valence-corrected chi connectivity index (χ2v) is 7.89. The van der Waals surface area contributed by atoms with Crippen LogP contribution in [0.15, 0.2) is 53.3 Å². The van der Waals surface area contributed by atoms with Crippen molar-refractivity contribution in [3.05, 3.63) is 70.1 Å². The second-order valence-electron chi connectivity index (χ2n) is 7.89. The van der Waals surface area contributed by atoms with Gasteiger partial charge in [0.05, 0.1) is 19.7 Å². The molecule has 0 radical (unpaired) electrons. The van der Waals surface area contributed by atoms with Gasteiger partial charge in [0, 0.05) is 23.7 Å². The standard InChI is InChI=1S/C25H28N4O4/c1-5-19(25(31)26-13-12-17-10-11-21(32-3)22(15-17)33-4)29-20-9-7-6-8-18(20)24-27-23(30)14-16(2)28(24)29/h6-11,14-15,19H,5,12-13H2,1-4H3,(H,26,31). The van der Waals surface area contributed by atoms with Crippen LogP contribution >= 0.6 is 0 Å².